The molecule has 0 aliphatic heterocycles. The molecule has 0 unspecified atom stereocenters. The van der Waals surface area contributed by atoms with Crippen molar-refractivity contribution in [3.63, 3.8) is 0 Å². The summed E-state index contributed by atoms with van der Waals surface area (Å²) >= 11 is 0. The van der Waals surface area contributed by atoms with E-state index in [0.717, 1.165) is 0 Å². The average molecular weight is 274 g/mol. The van der Waals surface area contributed by atoms with Gasteiger partial charge >= 0.3 is 0 Å². The number of hydrogen-bond donors (Lipinski definition) is 1. The fourth-order valence-electron chi connectivity index (χ4n) is 1.57. The number of hydrogen-bond acceptors (Lipinski definition) is 4. The minimum atomic E-state index is -0.399. The highest BCUT2D eigenvalue weighted by Crippen LogP contribution is 2.24. The molecule has 1 amide bonds. The second kappa shape index (κ2) is 7.19. The molecular weight excluding hydrogens is 256 g/mol. The smallest absolute Gasteiger partial charge is 0.262 e. The molecule has 0 saturated heterocycles. The standard InChI is InChI=1S/C15H18N2O3/c1-10(2)17-15(18)12(9-16)5-11-6-13(19-3)8-14(7-11)20-4/h5-8,10H,1-4H3,(H,17,18). The molecule has 0 aliphatic rings. The molecule has 0 aromatic heterocycles. The largest absolute Gasteiger partial charge is 0.497 e. The third kappa shape index (κ3) is 4.32. The maximum Gasteiger partial charge on any atom is 0.262 e. The molecule has 5 heteroatoms. The SMILES string of the molecule is COc1cc(C=C(C#N)C(=O)NC(C)C)cc(OC)c1. The van der Waals surface area contributed by atoms with Gasteiger partial charge in [-0.2, -0.15) is 5.26 Å². The van der Waals surface area contributed by atoms with Gasteiger partial charge in [0, 0.05) is 12.1 Å². The van der Waals surface area contributed by atoms with Crippen molar-refractivity contribution < 1.29 is 14.3 Å². The van der Waals surface area contributed by atoms with Crippen LogP contribution < -0.4 is 14.8 Å². The summed E-state index contributed by atoms with van der Waals surface area (Å²) in [6.45, 7) is 3.67. The molecule has 0 aliphatic carbocycles. The van der Waals surface area contributed by atoms with Crippen LogP contribution in [0.1, 0.15) is 19.4 Å². The molecule has 5 nitrogen and oxygen atoms in total. The van der Waals surface area contributed by atoms with Gasteiger partial charge in [-0.1, -0.05) is 0 Å². The highest BCUT2D eigenvalue weighted by molar-refractivity contribution is 6.01. The predicted octanol–water partition coefficient (Wildman–Crippen LogP) is 2.14. The Kier molecular flexibility index (Phi) is 5.60. The second-order valence-electron chi connectivity index (χ2n) is 4.44. The zero-order valence-corrected chi connectivity index (χ0v) is 12.1. The number of nitrogens with one attached hydrogen (secondary N) is 1. The Balaban J connectivity index is 3.12. The molecule has 0 saturated carbocycles. The van der Waals surface area contributed by atoms with E-state index in [-0.39, 0.29) is 11.6 Å². The number of methoxy groups -OCH3 is 2. The van der Waals surface area contributed by atoms with E-state index < -0.39 is 5.91 Å². The van der Waals surface area contributed by atoms with Crippen LogP contribution in [0.4, 0.5) is 0 Å². The summed E-state index contributed by atoms with van der Waals surface area (Å²) in [7, 11) is 3.08. The average Bonchev–Trinajstić information content (AvgIpc) is 2.43. The van der Waals surface area contributed by atoms with E-state index in [9.17, 15) is 4.79 Å². The monoisotopic (exact) mass is 274 g/mol. The number of ether oxygens (including phenoxy) is 2. The number of nitrogens with zero attached hydrogens (tertiary/aromatic N) is 1. The second-order valence-corrected chi connectivity index (χ2v) is 4.44. The van der Waals surface area contributed by atoms with Crippen LogP contribution in [0.2, 0.25) is 0 Å². The summed E-state index contributed by atoms with van der Waals surface area (Å²) in [6.07, 6.45) is 1.50. The number of amides is 1. The fourth-order valence-corrected chi connectivity index (χ4v) is 1.57. The number of nitriles is 1. The quantitative estimate of drug-likeness (QED) is 0.659. The first kappa shape index (κ1) is 15.6. The lowest BCUT2D eigenvalue weighted by Gasteiger charge is -2.08. The van der Waals surface area contributed by atoms with Crippen molar-refractivity contribution in [1.82, 2.24) is 5.32 Å². The molecule has 0 bridgehead atoms. The van der Waals surface area contributed by atoms with Gasteiger partial charge in [0.25, 0.3) is 5.91 Å². The van der Waals surface area contributed by atoms with Crippen molar-refractivity contribution in [2.75, 3.05) is 14.2 Å². The molecular formula is C15H18N2O3. The van der Waals surface area contributed by atoms with Crippen LogP contribution in [0.25, 0.3) is 6.08 Å². The van der Waals surface area contributed by atoms with Crippen LogP contribution in [0.3, 0.4) is 0 Å². The van der Waals surface area contributed by atoms with Crippen LogP contribution in [-0.2, 0) is 4.79 Å². The van der Waals surface area contributed by atoms with E-state index in [1.807, 2.05) is 19.9 Å². The van der Waals surface area contributed by atoms with Gasteiger partial charge in [0.05, 0.1) is 14.2 Å². The first-order chi connectivity index (χ1) is 9.49. The van der Waals surface area contributed by atoms with Crippen LogP contribution >= 0.6 is 0 Å². The Morgan fingerprint density at radius 2 is 1.80 bits per heavy atom. The van der Waals surface area contributed by atoms with Crippen LogP contribution in [0.5, 0.6) is 11.5 Å². The molecule has 106 valence electrons. The van der Waals surface area contributed by atoms with E-state index in [2.05, 4.69) is 5.32 Å². The van der Waals surface area contributed by atoms with Crippen LogP contribution in [-0.4, -0.2) is 26.2 Å². The minimum Gasteiger partial charge on any atom is -0.497 e. The molecule has 0 spiro atoms. The molecule has 20 heavy (non-hydrogen) atoms. The molecule has 0 radical (unpaired) electrons. The predicted molar refractivity (Wildman–Crippen MR) is 76.4 cm³/mol. The zero-order valence-electron chi connectivity index (χ0n) is 12.1. The molecule has 0 atom stereocenters. The van der Waals surface area contributed by atoms with Crippen molar-refractivity contribution in [1.29, 1.82) is 5.26 Å². The van der Waals surface area contributed by atoms with Gasteiger partial charge < -0.3 is 14.8 Å². The van der Waals surface area contributed by atoms with Crippen LogP contribution in [0, 0.1) is 11.3 Å². The van der Waals surface area contributed by atoms with Gasteiger partial charge in [0.1, 0.15) is 23.1 Å². The third-order valence-electron chi connectivity index (χ3n) is 2.47. The lowest BCUT2D eigenvalue weighted by molar-refractivity contribution is -0.117. The van der Waals surface area contributed by atoms with E-state index >= 15 is 0 Å². The van der Waals surface area contributed by atoms with Gasteiger partial charge in [-0.25, -0.2) is 0 Å². The van der Waals surface area contributed by atoms with E-state index in [1.54, 1.807) is 32.4 Å². The summed E-state index contributed by atoms with van der Waals surface area (Å²) in [4.78, 5) is 11.8. The van der Waals surface area contributed by atoms with Gasteiger partial charge in [0.15, 0.2) is 0 Å². The normalized spacial score (nSPS) is 10.9. The third-order valence-corrected chi connectivity index (χ3v) is 2.47. The summed E-state index contributed by atoms with van der Waals surface area (Å²) in [5, 5.41) is 11.8. The lowest BCUT2D eigenvalue weighted by atomic mass is 10.1. The Morgan fingerprint density at radius 1 is 1.25 bits per heavy atom. The summed E-state index contributed by atoms with van der Waals surface area (Å²) in [6, 6.07) is 7.04. The van der Waals surface area contributed by atoms with Crippen LogP contribution in [0.15, 0.2) is 23.8 Å². The molecule has 1 aromatic carbocycles. The molecule has 0 fully saturated rings. The van der Waals surface area contributed by atoms with Gasteiger partial charge in [0.2, 0.25) is 0 Å². The first-order valence-electron chi connectivity index (χ1n) is 6.16. The Labute approximate surface area is 118 Å². The topological polar surface area (TPSA) is 71.3 Å². The van der Waals surface area contributed by atoms with Crippen molar-refractivity contribution in [3.8, 4) is 17.6 Å². The highest BCUT2D eigenvalue weighted by Gasteiger charge is 2.10. The molecule has 1 N–H and O–H groups in total. The minimum absolute atomic E-state index is 0.0286. The number of benzene rings is 1. The molecule has 0 heterocycles. The summed E-state index contributed by atoms with van der Waals surface area (Å²) < 4.78 is 10.3. The Hall–Kier alpha value is -2.48. The Morgan fingerprint density at radius 3 is 2.20 bits per heavy atom. The highest BCUT2D eigenvalue weighted by atomic mass is 16.5. The van der Waals surface area contributed by atoms with E-state index in [0.29, 0.717) is 17.1 Å². The van der Waals surface area contributed by atoms with Gasteiger partial charge in [-0.05, 0) is 37.6 Å². The first-order valence-corrected chi connectivity index (χ1v) is 6.16. The van der Waals surface area contributed by atoms with Gasteiger partial charge in [-0.3, -0.25) is 4.79 Å². The number of carbonyl (C=O) groups excluding carboxylic acids is 1. The van der Waals surface area contributed by atoms with Crippen molar-refractivity contribution >= 4 is 12.0 Å². The maximum absolute atomic E-state index is 11.8. The Bertz CT molecular complexity index is 534. The van der Waals surface area contributed by atoms with Gasteiger partial charge in [-0.15, -0.1) is 0 Å². The maximum atomic E-state index is 11.8. The van der Waals surface area contributed by atoms with Crippen molar-refractivity contribution in [2.24, 2.45) is 0 Å². The summed E-state index contributed by atoms with van der Waals surface area (Å²) in [5.41, 5.74) is 0.700. The van der Waals surface area contributed by atoms with Crippen molar-refractivity contribution in [2.45, 2.75) is 19.9 Å². The summed E-state index contributed by atoms with van der Waals surface area (Å²) in [5.74, 6) is 0.790. The lowest BCUT2D eigenvalue weighted by Crippen LogP contribution is -2.30. The number of rotatable bonds is 5. The van der Waals surface area contributed by atoms with Crippen molar-refractivity contribution in [3.05, 3.63) is 29.3 Å². The molecule has 1 aromatic rings. The van der Waals surface area contributed by atoms with E-state index in [4.69, 9.17) is 14.7 Å². The number of carbonyl (C=O) groups is 1. The van der Waals surface area contributed by atoms with E-state index in [1.165, 1.54) is 6.08 Å². The zero-order chi connectivity index (χ0) is 15.1. The molecule has 1 rings (SSSR count). The fraction of sp³-hybridized carbons (Fsp3) is 0.333.